The molecule has 0 spiro atoms. The minimum atomic E-state index is -3.98. The van der Waals surface area contributed by atoms with E-state index in [1.54, 1.807) is 53.8 Å². The lowest BCUT2D eigenvalue weighted by Gasteiger charge is -2.07. The van der Waals surface area contributed by atoms with Gasteiger partial charge in [-0.05, 0) is 44.2 Å². The number of nitrogens with one attached hydrogen (secondary N) is 1. The second kappa shape index (κ2) is 8.25. The molecule has 0 aliphatic rings. The number of hydrogen-bond acceptors (Lipinski definition) is 5. The fraction of sp³-hybridized carbons (Fsp3) is 0.136. The number of benzene rings is 1. The van der Waals surface area contributed by atoms with Crippen molar-refractivity contribution < 1.29 is 13.2 Å². The van der Waals surface area contributed by atoms with Crippen LogP contribution in [-0.4, -0.2) is 33.7 Å². The first-order valence-electron chi connectivity index (χ1n) is 9.64. The normalized spacial score (nSPS) is 12.0. The van der Waals surface area contributed by atoms with Crippen molar-refractivity contribution in [1.82, 2.24) is 24.1 Å². The molecule has 32 heavy (non-hydrogen) atoms. The Labute approximate surface area is 190 Å². The van der Waals surface area contributed by atoms with Crippen molar-refractivity contribution in [3.05, 3.63) is 76.7 Å². The van der Waals surface area contributed by atoms with Gasteiger partial charge in [-0.25, -0.2) is 18.1 Å². The van der Waals surface area contributed by atoms with E-state index in [1.807, 2.05) is 13.0 Å². The van der Waals surface area contributed by atoms with Crippen LogP contribution in [0.2, 0.25) is 5.02 Å². The van der Waals surface area contributed by atoms with Crippen LogP contribution in [0.4, 0.5) is 0 Å². The van der Waals surface area contributed by atoms with E-state index >= 15 is 0 Å². The average molecular weight is 470 g/mol. The Balaban J connectivity index is 1.67. The van der Waals surface area contributed by atoms with E-state index < -0.39 is 15.9 Å². The van der Waals surface area contributed by atoms with Gasteiger partial charge in [0.25, 0.3) is 15.9 Å². The predicted octanol–water partition coefficient (Wildman–Crippen LogP) is 3.55. The van der Waals surface area contributed by atoms with Crippen molar-refractivity contribution in [2.75, 3.05) is 0 Å². The first-order chi connectivity index (χ1) is 15.2. The monoisotopic (exact) mass is 469 g/mol. The molecule has 0 bridgehead atoms. The topological polar surface area (TPSA) is 98.9 Å². The molecule has 0 aliphatic carbocycles. The highest BCUT2D eigenvalue weighted by Crippen LogP contribution is 2.29. The summed E-state index contributed by atoms with van der Waals surface area (Å²) in [6, 6.07) is 9.90. The van der Waals surface area contributed by atoms with Crippen LogP contribution >= 0.6 is 11.6 Å². The maximum absolute atomic E-state index is 12.5. The second-order valence-electron chi connectivity index (χ2n) is 7.28. The quantitative estimate of drug-likeness (QED) is 0.451. The summed E-state index contributed by atoms with van der Waals surface area (Å²) in [4.78, 5) is 16.8. The van der Waals surface area contributed by atoms with Gasteiger partial charge in [0.2, 0.25) is 0 Å². The van der Waals surface area contributed by atoms with Crippen LogP contribution in [0.5, 0.6) is 0 Å². The maximum atomic E-state index is 12.5. The molecule has 164 valence electrons. The summed E-state index contributed by atoms with van der Waals surface area (Å²) in [5.74, 6) is -0.128. The molecule has 0 radical (unpaired) electrons. The summed E-state index contributed by atoms with van der Waals surface area (Å²) in [5, 5.41) is 5.75. The molecule has 4 rings (SSSR count). The van der Waals surface area contributed by atoms with Gasteiger partial charge in [-0.15, -0.1) is 0 Å². The summed E-state index contributed by atoms with van der Waals surface area (Å²) >= 11 is 6.37. The van der Waals surface area contributed by atoms with Crippen LogP contribution in [0.1, 0.15) is 16.8 Å². The number of hydrogen-bond donors (Lipinski definition) is 1. The number of halogens is 1. The summed E-state index contributed by atoms with van der Waals surface area (Å²) in [5.41, 5.74) is 2.85. The van der Waals surface area contributed by atoms with Crippen LogP contribution in [0, 0.1) is 13.8 Å². The van der Waals surface area contributed by atoms with Crippen molar-refractivity contribution in [3.63, 3.8) is 0 Å². The number of nitrogens with zero attached hydrogens (tertiary/aromatic N) is 4. The zero-order valence-electron chi connectivity index (χ0n) is 17.6. The Morgan fingerprint density at radius 2 is 1.88 bits per heavy atom. The number of pyridine rings is 1. The summed E-state index contributed by atoms with van der Waals surface area (Å²) in [7, 11) is -2.21. The van der Waals surface area contributed by atoms with Gasteiger partial charge < -0.3 is 0 Å². The molecule has 1 amide bonds. The number of amides is 1. The first-order valence-corrected chi connectivity index (χ1v) is 11.5. The van der Waals surface area contributed by atoms with Gasteiger partial charge >= 0.3 is 0 Å². The van der Waals surface area contributed by atoms with E-state index in [4.69, 9.17) is 11.6 Å². The standard InChI is InChI=1S/C22H20ClN5O3S/c1-14-6-8-16(9-7-14)32(30,31)26-20(29)11-10-17-15(2)25-27(3)22(17)28-13-19(23)18-5-4-12-24-21(18)28/h4-13H,1-3H3,(H,26,29)/b11-10+. The van der Waals surface area contributed by atoms with Gasteiger partial charge in [0.05, 0.1) is 15.6 Å². The van der Waals surface area contributed by atoms with E-state index in [9.17, 15) is 13.2 Å². The fourth-order valence-electron chi connectivity index (χ4n) is 3.43. The molecule has 0 aliphatic heterocycles. The highest BCUT2D eigenvalue weighted by Gasteiger charge is 2.19. The molecule has 0 saturated heterocycles. The Morgan fingerprint density at radius 1 is 1.16 bits per heavy atom. The molecular weight excluding hydrogens is 450 g/mol. The number of aromatic nitrogens is 4. The largest absolute Gasteiger partial charge is 0.284 e. The SMILES string of the molecule is Cc1ccc(S(=O)(=O)NC(=O)/C=C/c2c(C)nn(C)c2-n2cc(Cl)c3cccnc32)cc1. The number of fused-ring (bicyclic) bond motifs is 1. The molecule has 4 aromatic rings. The van der Waals surface area contributed by atoms with Crippen LogP contribution in [0.25, 0.3) is 22.9 Å². The van der Waals surface area contributed by atoms with Gasteiger partial charge in [0, 0.05) is 36.5 Å². The lowest BCUT2D eigenvalue weighted by Crippen LogP contribution is -2.28. The smallest absolute Gasteiger partial charge is 0.264 e. The van der Waals surface area contributed by atoms with Gasteiger partial charge in [-0.2, -0.15) is 5.10 Å². The van der Waals surface area contributed by atoms with E-state index in [1.165, 1.54) is 24.3 Å². The highest BCUT2D eigenvalue weighted by atomic mass is 35.5. The molecule has 0 fully saturated rings. The number of sulfonamides is 1. The second-order valence-corrected chi connectivity index (χ2v) is 9.37. The highest BCUT2D eigenvalue weighted by molar-refractivity contribution is 7.90. The summed E-state index contributed by atoms with van der Waals surface area (Å²) in [6.07, 6.45) is 6.09. The Morgan fingerprint density at radius 3 is 2.59 bits per heavy atom. The van der Waals surface area contributed by atoms with Gasteiger partial charge in [0.1, 0.15) is 11.5 Å². The molecule has 3 heterocycles. The summed E-state index contributed by atoms with van der Waals surface area (Å²) in [6.45, 7) is 3.65. The van der Waals surface area contributed by atoms with Gasteiger partial charge in [-0.1, -0.05) is 29.3 Å². The van der Waals surface area contributed by atoms with Crippen LogP contribution in [-0.2, 0) is 21.9 Å². The number of rotatable bonds is 5. The average Bonchev–Trinajstić information content (AvgIpc) is 3.21. The molecule has 0 saturated carbocycles. The van der Waals surface area contributed by atoms with E-state index in [0.717, 1.165) is 10.9 Å². The van der Waals surface area contributed by atoms with E-state index in [-0.39, 0.29) is 4.90 Å². The fourth-order valence-corrected chi connectivity index (χ4v) is 4.62. The zero-order chi connectivity index (χ0) is 23.0. The van der Waals surface area contributed by atoms with Crippen molar-refractivity contribution in [2.24, 2.45) is 7.05 Å². The molecule has 1 N–H and O–H groups in total. The first kappa shape index (κ1) is 21.8. The zero-order valence-corrected chi connectivity index (χ0v) is 19.1. The number of carbonyl (C=O) groups is 1. The molecule has 8 nitrogen and oxygen atoms in total. The third-order valence-corrected chi connectivity index (χ3v) is 6.61. The van der Waals surface area contributed by atoms with Crippen LogP contribution in [0.15, 0.2) is 59.8 Å². The lowest BCUT2D eigenvalue weighted by atomic mass is 10.2. The van der Waals surface area contributed by atoms with Crippen molar-refractivity contribution in [3.8, 4) is 5.82 Å². The number of aryl methyl sites for hydroxylation is 3. The Bertz CT molecular complexity index is 1470. The molecule has 0 unspecified atom stereocenters. The van der Waals surface area contributed by atoms with Crippen molar-refractivity contribution in [1.29, 1.82) is 0 Å². The molecule has 3 aromatic heterocycles. The Kier molecular flexibility index (Phi) is 5.62. The van der Waals surface area contributed by atoms with Gasteiger partial charge in [-0.3, -0.25) is 14.0 Å². The number of carbonyl (C=O) groups excluding carboxylic acids is 1. The minimum Gasteiger partial charge on any atom is -0.284 e. The molecule has 1 aromatic carbocycles. The third kappa shape index (κ3) is 4.04. The molecule has 0 atom stereocenters. The maximum Gasteiger partial charge on any atom is 0.264 e. The lowest BCUT2D eigenvalue weighted by molar-refractivity contribution is -0.114. The van der Waals surface area contributed by atoms with E-state index in [2.05, 4.69) is 14.8 Å². The molecular formula is C22H20ClN5O3S. The summed E-state index contributed by atoms with van der Waals surface area (Å²) < 4.78 is 30.4. The van der Waals surface area contributed by atoms with Gasteiger partial charge in [0.15, 0.2) is 0 Å². The molecule has 10 heteroatoms. The van der Waals surface area contributed by atoms with E-state index in [0.29, 0.717) is 27.7 Å². The van der Waals surface area contributed by atoms with Crippen LogP contribution in [0.3, 0.4) is 0 Å². The Hall–Kier alpha value is -3.43. The van der Waals surface area contributed by atoms with Crippen molar-refractivity contribution in [2.45, 2.75) is 18.7 Å². The van der Waals surface area contributed by atoms with Crippen molar-refractivity contribution >= 4 is 44.6 Å². The van der Waals surface area contributed by atoms with Crippen LogP contribution < -0.4 is 4.72 Å². The predicted molar refractivity (Wildman–Crippen MR) is 123 cm³/mol. The minimum absolute atomic E-state index is 0.0163. The third-order valence-electron chi connectivity index (χ3n) is 4.95.